The van der Waals surface area contributed by atoms with Crippen molar-refractivity contribution in [1.29, 1.82) is 0 Å². The fraction of sp³-hybridized carbons (Fsp3) is 0.636. The molecule has 1 saturated heterocycles. The lowest BCUT2D eigenvalue weighted by Gasteiger charge is -2.32. The number of hydrogen-bond acceptors (Lipinski definition) is 4. The van der Waals surface area contributed by atoms with Gasteiger partial charge >= 0.3 is 6.09 Å². The minimum absolute atomic E-state index is 0.00414. The Morgan fingerprint density at radius 2 is 1.75 bits per heavy atom. The molecule has 1 aromatic rings. The summed E-state index contributed by atoms with van der Waals surface area (Å²) in [4.78, 5) is 26.9. The van der Waals surface area contributed by atoms with Crippen molar-refractivity contribution in [1.82, 2.24) is 10.2 Å². The summed E-state index contributed by atoms with van der Waals surface area (Å²) in [6.45, 7) is 11.5. The molecule has 152 valence electrons. The minimum Gasteiger partial charge on any atom is -0.493 e. The molecule has 0 aromatic heterocycles. The quantitative estimate of drug-likeness (QED) is 0.866. The average Bonchev–Trinajstić information content (AvgIpc) is 2.96. The Kier molecular flexibility index (Phi) is 4.36. The summed E-state index contributed by atoms with van der Waals surface area (Å²) in [5.74, 6) is 1.62. The normalized spacial score (nSPS) is 28.2. The Hall–Kier alpha value is -2.24. The molecule has 1 aromatic carbocycles. The van der Waals surface area contributed by atoms with Gasteiger partial charge in [-0.15, -0.1) is 0 Å². The van der Waals surface area contributed by atoms with Crippen LogP contribution in [0.2, 0.25) is 0 Å². The van der Waals surface area contributed by atoms with Gasteiger partial charge in [-0.25, -0.2) is 4.79 Å². The van der Waals surface area contributed by atoms with E-state index in [1.807, 2.05) is 39.0 Å². The van der Waals surface area contributed by atoms with Gasteiger partial charge < -0.3 is 19.7 Å². The van der Waals surface area contributed by atoms with Gasteiger partial charge in [-0.1, -0.05) is 18.2 Å². The Morgan fingerprint density at radius 1 is 1.11 bits per heavy atom. The lowest BCUT2D eigenvalue weighted by molar-refractivity contribution is -0.125. The van der Waals surface area contributed by atoms with E-state index >= 15 is 0 Å². The molecule has 6 heteroatoms. The highest BCUT2D eigenvalue weighted by molar-refractivity contribution is 5.84. The summed E-state index contributed by atoms with van der Waals surface area (Å²) in [6, 6.07) is 8.03. The van der Waals surface area contributed by atoms with E-state index in [-0.39, 0.29) is 35.7 Å². The number of rotatable bonds is 3. The number of nitrogens with zero attached hydrogens (tertiary/aromatic N) is 1. The Balaban J connectivity index is 1.34. The molecule has 4 rings (SSSR count). The molecule has 0 bridgehead atoms. The molecular weight excluding hydrogens is 356 g/mol. The van der Waals surface area contributed by atoms with E-state index in [4.69, 9.17) is 9.47 Å². The molecule has 4 atom stereocenters. The fourth-order valence-electron chi connectivity index (χ4n) is 4.64. The van der Waals surface area contributed by atoms with Gasteiger partial charge in [0.1, 0.15) is 11.4 Å². The number of piperidine rings is 1. The van der Waals surface area contributed by atoms with E-state index < -0.39 is 11.1 Å². The lowest BCUT2D eigenvalue weighted by atomic mass is 9.83. The van der Waals surface area contributed by atoms with Gasteiger partial charge in [-0.2, -0.15) is 0 Å². The van der Waals surface area contributed by atoms with Crippen molar-refractivity contribution in [2.24, 2.45) is 17.8 Å². The number of amides is 2. The van der Waals surface area contributed by atoms with Gasteiger partial charge in [0, 0.05) is 36.0 Å². The molecule has 1 N–H and O–H groups in total. The first-order valence-electron chi connectivity index (χ1n) is 10.1. The van der Waals surface area contributed by atoms with Crippen LogP contribution in [0.4, 0.5) is 4.79 Å². The van der Waals surface area contributed by atoms with Crippen LogP contribution >= 0.6 is 0 Å². The molecule has 0 radical (unpaired) electrons. The smallest absolute Gasteiger partial charge is 0.410 e. The van der Waals surface area contributed by atoms with Crippen molar-refractivity contribution in [3.8, 4) is 5.75 Å². The summed E-state index contributed by atoms with van der Waals surface area (Å²) in [5.41, 5.74) is 0.260. The van der Waals surface area contributed by atoms with Crippen LogP contribution < -0.4 is 10.1 Å². The summed E-state index contributed by atoms with van der Waals surface area (Å²) >= 11 is 0. The molecule has 1 unspecified atom stereocenters. The topological polar surface area (TPSA) is 67.9 Å². The molecule has 2 aliphatic heterocycles. The van der Waals surface area contributed by atoms with E-state index in [2.05, 4.69) is 25.2 Å². The standard InChI is InChI=1S/C22H30N2O4/c1-21(2,3)28-20(26)24-10-14-15(11-24)18(14)19(25)23-22(4,5)16-12-27-17-9-7-6-8-13(16)17/h6-9,14-16,18H,10-12H2,1-5H3,(H,23,25)/t14-,15+,16?,18+. The lowest BCUT2D eigenvalue weighted by Crippen LogP contribution is -2.50. The third kappa shape index (κ3) is 3.45. The first kappa shape index (κ1) is 19.1. The second kappa shape index (κ2) is 6.39. The maximum atomic E-state index is 12.9. The number of ether oxygens (including phenoxy) is 2. The van der Waals surface area contributed by atoms with Crippen LogP contribution in [0.15, 0.2) is 24.3 Å². The number of likely N-dealkylation sites (tertiary alicyclic amines) is 1. The van der Waals surface area contributed by atoms with Gasteiger partial charge in [0.05, 0.1) is 6.61 Å². The molecule has 1 saturated carbocycles. The van der Waals surface area contributed by atoms with Crippen molar-refractivity contribution in [2.75, 3.05) is 19.7 Å². The SMILES string of the molecule is CC(C)(C)OC(=O)N1C[C@@H]2[C@H](C1)[C@H]2C(=O)NC(C)(C)C1COc2ccccc21. The second-order valence-corrected chi connectivity index (χ2v) is 9.85. The number of para-hydroxylation sites is 1. The summed E-state index contributed by atoms with van der Waals surface area (Å²) < 4.78 is 11.2. The van der Waals surface area contributed by atoms with Crippen molar-refractivity contribution >= 4 is 12.0 Å². The highest BCUT2D eigenvalue weighted by atomic mass is 16.6. The van der Waals surface area contributed by atoms with Gasteiger partial charge in [-0.3, -0.25) is 4.79 Å². The number of fused-ring (bicyclic) bond motifs is 2. The van der Waals surface area contributed by atoms with Gasteiger partial charge in [0.2, 0.25) is 5.91 Å². The van der Waals surface area contributed by atoms with Crippen molar-refractivity contribution in [2.45, 2.75) is 51.7 Å². The zero-order valence-corrected chi connectivity index (χ0v) is 17.3. The third-order valence-electron chi connectivity index (χ3n) is 6.16. The highest BCUT2D eigenvalue weighted by Gasteiger charge is 2.61. The minimum atomic E-state index is -0.496. The van der Waals surface area contributed by atoms with Crippen LogP contribution in [0.5, 0.6) is 5.75 Å². The van der Waals surface area contributed by atoms with Crippen LogP contribution in [-0.2, 0) is 9.53 Å². The molecule has 28 heavy (non-hydrogen) atoms. The first-order chi connectivity index (χ1) is 13.1. The average molecular weight is 386 g/mol. The molecular formula is C22H30N2O4. The van der Waals surface area contributed by atoms with Crippen LogP contribution in [0.3, 0.4) is 0 Å². The number of carbonyl (C=O) groups excluding carboxylic acids is 2. The number of hydrogen-bond donors (Lipinski definition) is 1. The van der Waals surface area contributed by atoms with E-state index in [9.17, 15) is 9.59 Å². The number of nitrogens with one attached hydrogen (secondary N) is 1. The first-order valence-corrected chi connectivity index (χ1v) is 10.1. The summed E-state index contributed by atoms with van der Waals surface area (Å²) in [6.07, 6.45) is -0.279. The largest absolute Gasteiger partial charge is 0.493 e. The second-order valence-electron chi connectivity index (χ2n) is 9.85. The van der Waals surface area contributed by atoms with E-state index in [0.29, 0.717) is 19.7 Å². The molecule has 3 aliphatic rings. The van der Waals surface area contributed by atoms with Crippen LogP contribution in [-0.4, -0.2) is 47.7 Å². The predicted octanol–water partition coefficient (Wildman–Crippen LogP) is 3.17. The fourth-order valence-corrected chi connectivity index (χ4v) is 4.64. The molecule has 2 heterocycles. The molecule has 2 amide bonds. The Bertz CT molecular complexity index is 786. The maximum absolute atomic E-state index is 12.9. The Morgan fingerprint density at radius 3 is 2.39 bits per heavy atom. The van der Waals surface area contributed by atoms with Crippen LogP contribution in [0.1, 0.15) is 46.1 Å². The summed E-state index contributed by atoms with van der Waals surface area (Å²) in [7, 11) is 0. The van der Waals surface area contributed by atoms with E-state index in [1.54, 1.807) is 4.90 Å². The summed E-state index contributed by atoms with van der Waals surface area (Å²) in [5, 5.41) is 3.26. The van der Waals surface area contributed by atoms with Crippen LogP contribution in [0.25, 0.3) is 0 Å². The van der Waals surface area contributed by atoms with Gasteiger partial charge in [0.25, 0.3) is 0 Å². The highest BCUT2D eigenvalue weighted by Crippen LogP contribution is 2.52. The van der Waals surface area contributed by atoms with Crippen LogP contribution in [0, 0.1) is 17.8 Å². The van der Waals surface area contributed by atoms with E-state index in [1.165, 1.54) is 0 Å². The van der Waals surface area contributed by atoms with Crippen molar-refractivity contribution < 1.29 is 19.1 Å². The molecule has 2 fully saturated rings. The zero-order chi connectivity index (χ0) is 20.3. The number of carbonyl (C=O) groups is 2. The maximum Gasteiger partial charge on any atom is 0.410 e. The van der Waals surface area contributed by atoms with Gasteiger partial charge in [0.15, 0.2) is 0 Å². The monoisotopic (exact) mass is 386 g/mol. The van der Waals surface area contributed by atoms with Crippen molar-refractivity contribution in [3.63, 3.8) is 0 Å². The number of benzene rings is 1. The third-order valence-corrected chi connectivity index (χ3v) is 6.16. The van der Waals surface area contributed by atoms with Gasteiger partial charge in [-0.05, 0) is 52.5 Å². The molecule has 0 spiro atoms. The predicted molar refractivity (Wildman–Crippen MR) is 105 cm³/mol. The zero-order valence-electron chi connectivity index (χ0n) is 17.3. The molecule has 1 aliphatic carbocycles. The molecule has 6 nitrogen and oxygen atoms in total. The van der Waals surface area contributed by atoms with E-state index in [0.717, 1.165) is 11.3 Å². The van der Waals surface area contributed by atoms with Crippen molar-refractivity contribution in [3.05, 3.63) is 29.8 Å². The Labute approximate surface area is 166 Å².